The van der Waals surface area contributed by atoms with Crippen LogP contribution >= 0.6 is 0 Å². The lowest BCUT2D eigenvalue weighted by Gasteiger charge is -2.18. The summed E-state index contributed by atoms with van der Waals surface area (Å²) in [5.74, 6) is 0.130. The second kappa shape index (κ2) is 4.74. The largest absolute Gasteiger partial charge is 0.486 e. The fraction of sp³-hybridized carbons (Fsp3) is 0.182. The van der Waals surface area contributed by atoms with E-state index in [1.165, 1.54) is 12.1 Å². The first-order chi connectivity index (χ1) is 8.61. The van der Waals surface area contributed by atoms with Gasteiger partial charge in [-0.15, -0.1) is 0 Å². The number of hydrogen-bond acceptors (Lipinski definition) is 5. The number of carbonyl (C=O) groups excluding carboxylic acids is 1. The molecule has 0 bridgehead atoms. The van der Waals surface area contributed by atoms with Crippen molar-refractivity contribution in [3.63, 3.8) is 0 Å². The molecule has 94 valence electrons. The summed E-state index contributed by atoms with van der Waals surface area (Å²) in [5.41, 5.74) is -0.205. The summed E-state index contributed by atoms with van der Waals surface area (Å²) >= 11 is 0. The summed E-state index contributed by atoms with van der Waals surface area (Å²) < 4.78 is 10.5. The number of ether oxygens (including phenoxy) is 2. The van der Waals surface area contributed by atoms with Gasteiger partial charge in [0.15, 0.2) is 11.5 Å². The number of amides is 1. The first-order valence-electron chi connectivity index (χ1n) is 5.13. The van der Waals surface area contributed by atoms with E-state index in [1.807, 2.05) is 0 Å². The molecule has 18 heavy (non-hydrogen) atoms. The van der Waals surface area contributed by atoms with Crippen LogP contribution in [0.25, 0.3) is 0 Å². The number of rotatable bonds is 3. The summed E-state index contributed by atoms with van der Waals surface area (Å²) in [6.07, 6.45) is 1.03. The maximum absolute atomic E-state index is 11.2. The molecule has 1 N–H and O–H groups in total. The van der Waals surface area contributed by atoms with E-state index < -0.39 is 10.8 Å². The molecule has 1 heterocycles. The van der Waals surface area contributed by atoms with Crippen molar-refractivity contribution in [1.29, 1.82) is 0 Å². The van der Waals surface area contributed by atoms with E-state index in [-0.39, 0.29) is 11.4 Å². The highest BCUT2D eigenvalue weighted by Gasteiger charge is 2.22. The number of nitro benzene ring substituents is 1. The van der Waals surface area contributed by atoms with Crippen molar-refractivity contribution < 1.29 is 19.2 Å². The Morgan fingerprint density at radius 3 is 2.56 bits per heavy atom. The molecule has 2 rings (SSSR count). The topological polar surface area (TPSA) is 90.7 Å². The van der Waals surface area contributed by atoms with Crippen LogP contribution in [0.4, 0.5) is 11.4 Å². The van der Waals surface area contributed by atoms with Gasteiger partial charge in [-0.1, -0.05) is 6.58 Å². The first-order valence-corrected chi connectivity index (χ1v) is 5.13. The Morgan fingerprint density at radius 1 is 1.39 bits per heavy atom. The minimum Gasteiger partial charge on any atom is -0.486 e. The Bertz CT molecular complexity index is 526. The molecule has 7 heteroatoms. The van der Waals surface area contributed by atoms with Gasteiger partial charge in [0.25, 0.3) is 5.69 Å². The molecule has 0 aromatic heterocycles. The van der Waals surface area contributed by atoms with E-state index in [2.05, 4.69) is 11.9 Å². The predicted octanol–water partition coefficient (Wildman–Crippen LogP) is 1.49. The van der Waals surface area contributed by atoms with Gasteiger partial charge >= 0.3 is 0 Å². The molecule has 1 amide bonds. The maximum Gasteiger partial charge on any atom is 0.296 e. The highest BCUT2D eigenvalue weighted by atomic mass is 16.6. The Hall–Kier alpha value is -2.57. The zero-order chi connectivity index (χ0) is 13.1. The van der Waals surface area contributed by atoms with E-state index in [9.17, 15) is 14.9 Å². The first kappa shape index (κ1) is 11.9. The molecule has 7 nitrogen and oxygen atoms in total. The predicted molar refractivity (Wildman–Crippen MR) is 62.9 cm³/mol. The molecule has 1 aromatic carbocycles. The number of nitrogens with zero attached hydrogens (tertiary/aromatic N) is 1. The fourth-order valence-electron chi connectivity index (χ4n) is 1.51. The van der Waals surface area contributed by atoms with Gasteiger partial charge < -0.3 is 14.8 Å². The molecule has 0 aliphatic carbocycles. The lowest BCUT2D eigenvalue weighted by molar-refractivity contribution is -0.384. The fourth-order valence-corrected chi connectivity index (χ4v) is 1.51. The van der Waals surface area contributed by atoms with Crippen molar-refractivity contribution >= 4 is 17.3 Å². The summed E-state index contributed by atoms with van der Waals surface area (Å²) in [5, 5.41) is 13.3. The van der Waals surface area contributed by atoms with Crippen molar-refractivity contribution in [2.24, 2.45) is 0 Å². The number of carbonyl (C=O) groups is 1. The van der Waals surface area contributed by atoms with E-state index in [4.69, 9.17) is 9.47 Å². The molecule has 1 aliphatic rings. The van der Waals surface area contributed by atoms with E-state index in [1.54, 1.807) is 0 Å². The monoisotopic (exact) mass is 250 g/mol. The molecule has 0 radical (unpaired) electrons. The minimum atomic E-state index is -0.600. The number of hydrogen-bond donors (Lipinski definition) is 1. The second-order valence-electron chi connectivity index (χ2n) is 3.46. The average Bonchev–Trinajstić information content (AvgIpc) is 2.37. The zero-order valence-corrected chi connectivity index (χ0v) is 9.34. The van der Waals surface area contributed by atoms with Crippen LogP contribution in [0.1, 0.15) is 0 Å². The van der Waals surface area contributed by atoms with Gasteiger partial charge in [0.05, 0.1) is 11.0 Å². The normalized spacial score (nSPS) is 12.7. The molecule has 0 unspecified atom stereocenters. The van der Waals surface area contributed by atoms with Crippen molar-refractivity contribution in [2.75, 3.05) is 18.5 Å². The third-order valence-corrected chi connectivity index (χ3v) is 2.30. The second-order valence-corrected chi connectivity index (χ2v) is 3.46. The Morgan fingerprint density at radius 2 is 2.00 bits per heavy atom. The number of benzene rings is 1. The van der Waals surface area contributed by atoms with Crippen LogP contribution in [-0.2, 0) is 4.79 Å². The van der Waals surface area contributed by atoms with Crippen molar-refractivity contribution in [3.8, 4) is 11.5 Å². The molecule has 1 aliphatic heterocycles. The van der Waals surface area contributed by atoms with Gasteiger partial charge in [0.2, 0.25) is 5.91 Å². The van der Waals surface area contributed by atoms with Crippen molar-refractivity contribution in [2.45, 2.75) is 0 Å². The summed E-state index contributed by atoms with van der Waals surface area (Å²) in [6.45, 7) is 3.98. The third-order valence-electron chi connectivity index (χ3n) is 2.30. The van der Waals surface area contributed by atoms with E-state index >= 15 is 0 Å². The molecular weight excluding hydrogens is 240 g/mol. The molecule has 0 saturated heterocycles. The lowest BCUT2D eigenvalue weighted by atomic mass is 10.2. The van der Waals surface area contributed by atoms with Crippen molar-refractivity contribution in [3.05, 3.63) is 34.9 Å². The van der Waals surface area contributed by atoms with Crippen LogP contribution in [0.5, 0.6) is 11.5 Å². The van der Waals surface area contributed by atoms with Gasteiger partial charge in [-0.3, -0.25) is 14.9 Å². The van der Waals surface area contributed by atoms with Gasteiger partial charge in [-0.05, 0) is 6.08 Å². The molecule has 0 saturated carbocycles. The number of nitrogens with one attached hydrogen (secondary N) is 1. The standard InChI is InChI=1S/C11H10N2O5/c1-2-11(14)12-7-5-9-10(18-4-3-17-9)6-8(7)13(15)16/h2,5-6H,1,3-4H2,(H,12,14). The molecule has 0 fully saturated rings. The Labute approximate surface area is 102 Å². The summed E-state index contributed by atoms with van der Waals surface area (Å²) in [6, 6.07) is 2.60. The average molecular weight is 250 g/mol. The highest BCUT2D eigenvalue weighted by Crippen LogP contribution is 2.39. The van der Waals surface area contributed by atoms with Gasteiger partial charge in [0, 0.05) is 6.07 Å². The van der Waals surface area contributed by atoms with E-state index in [0.29, 0.717) is 24.7 Å². The zero-order valence-electron chi connectivity index (χ0n) is 9.34. The quantitative estimate of drug-likeness (QED) is 0.498. The van der Waals surface area contributed by atoms with Crippen LogP contribution in [0.15, 0.2) is 24.8 Å². The van der Waals surface area contributed by atoms with Crippen LogP contribution in [0, 0.1) is 10.1 Å². The molecule has 0 spiro atoms. The van der Waals surface area contributed by atoms with Gasteiger partial charge in [-0.2, -0.15) is 0 Å². The Kier molecular flexibility index (Phi) is 3.13. The van der Waals surface area contributed by atoms with Crippen molar-refractivity contribution in [1.82, 2.24) is 0 Å². The Balaban J connectivity index is 2.45. The van der Waals surface area contributed by atoms with E-state index in [0.717, 1.165) is 6.08 Å². The molecule has 0 atom stereocenters. The van der Waals surface area contributed by atoms with Gasteiger partial charge in [-0.25, -0.2) is 0 Å². The van der Waals surface area contributed by atoms with Crippen LogP contribution in [-0.4, -0.2) is 24.0 Å². The SMILES string of the molecule is C=CC(=O)Nc1cc2c(cc1[N+](=O)[O-])OCCO2. The lowest BCUT2D eigenvalue weighted by Crippen LogP contribution is -2.16. The highest BCUT2D eigenvalue weighted by molar-refractivity contribution is 6.00. The van der Waals surface area contributed by atoms with Crippen LogP contribution in [0.3, 0.4) is 0 Å². The minimum absolute atomic E-state index is 0.0501. The molecular formula is C11H10N2O5. The van der Waals surface area contributed by atoms with Crippen LogP contribution in [0.2, 0.25) is 0 Å². The smallest absolute Gasteiger partial charge is 0.296 e. The maximum atomic E-state index is 11.2. The van der Waals surface area contributed by atoms with Crippen LogP contribution < -0.4 is 14.8 Å². The number of anilines is 1. The summed E-state index contributed by atoms with van der Waals surface area (Å²) in [7, 11) is 0. The number of fused-ring (bicyclic) bond motifs is 1. The molecule has 1 aromatic rings. The third kappa shape index (κ3) is 2.24. The summed E-state index contributed by atoms with van der Waals surface area (Å²) in [4.78, 5) is 21.5. The van der Waals surface area contributed by atoms with Gasteiger partial charge in [0.1, 0.15) is 18.9 Å². The number of nitro groups is 1.